The Balaban J connectivity index is 1.61. The van der Waals surface area contributed by atoms with E-state index in [-0.39, 0.29) is 12.1 Å². The topological polar surface area (TPSA) is 18.5 Å². The second-order valence-electron chi connectivity index (χ2n) is 11.8. The molecule has 0 heterocycles. The van der Waals surface area contributed by atoms with Gasteiger partial charge in [0.05, 0.1) is 16.4 Å². The summed E-state index contributed by atoms with van der Waals surface area (Å²) in [5.41, 5.74) is -12.1. The van der Waals surface area contributed by atoms with Crippen molar-refractivity contribution in [1.29, 1.82) is 0 Å². The van der Waals surface area contributed by atoms with Crippen LogP contribution in [-0.2, 0) is 6.42 Å². The van der Waals surface area contributed by atoms with Gasteiger partial charge in [-0.05, 0) is 23.8 Å². The van der Waals surface area contributed by atoms with E-state index in [2.05, 4.69) is 0 Å². The lowest BCUT2D eigenvalue weighted by Crippen LogP contribution is -2.47. The van der Waals surface area contributed by atoms with E-state index in [0.29, 0.717) is 6.07 Å². The standard InChI is InChI=1S/C35H6BF19O2/c37-9-3-1-6-5-8-12(11(6)17(9)39)19(41)28(50)33(55)35(8)57-36(56-34-7-2-4-10(38)18(40)13(7)20(42)29(51)32(34)54)16-14(21(43)25(47)30(52)24(16)46)15-22(44)26(48)31(53)27(49)23(15)45/h1-4H,5H2. The summed E-state index contributed by atoms with van der Waals surface area (Å²) < 4.78 is 294. The van der Waals surface area contributed by atoms with Crippen molar-refractivity contribution in [1.82, 2.24) is 0 Å². The van der Waals surface area contributed by atoms with Crippen LogP contribution < -0.4 is 14.8 Å². The van der Waals surface area contributed by atoms with Crippen LogP contribution in [0, 0.1) is 111 Å². The first-order chi connectivity index (χ1) is 26.7. The van der Waals surface area contributed by atoms with Gasteiger partial charge >= 0.3 is 7.12 Å². The molecule has 57 heavy (non-hydrogen) atoms. The molecule has 0 spiro atoms. The van der Waals surface area contributed by atoms with Crippen LogP contribution in [0.25, 0.3) is 33.0 Å². The van der Waals surface area contributed by atoms with Crippen LogP contribution in [-0.4, -0.2) is 7.12 Å². The van der Waals surface area contributed by atoms with E-state index in [1.54, 1.807) is 0 Å². The number of hydrogen-bond acceptors (Lipinski definition) is 2. The van der Waals surface area contributed by atoms with Gasteiger partial charge < -0.3 is 9.31 Å². The smallest absolute Gasteiger partial charge is 0.519 e. The summed E-state index contributed by atoms with van der Waals surface area (Å²) in [6.45, 7) is 0. The molecule has 294 valence electrons. The van der Waals surface area contributed by atoms with E-state index in [4.69, 9.17) is 9.31 Å². The Hall–Kier alpha value is -6.09. The average Bonchev–Trinajstić information content (AvgIpc) is 3.58. The monoisotopic (exact) mass is 830 g/mol. The SMILES string of the molecule is Fc1ccc2c(c1F)-c1c(F)c(F)c(F)c(OB(Oc3c(F)c(F)c(F)c4c(F)c(F)ccc34)c3c(F)c(F)c(F)c(F)c3-c3c(F)c(F)c(F)c(F)c3F)c1C2. The molecule has 1 aliphatic carbocycles. The molecule has 0 fully saturated rings. The Morgan fingerprint density at radius 2 is 0.789 bits per heavy atom. The highest BCUT2D eigenvalue weighted by atomic mass is 19.2. The zero-order valence-corrected chi connectivity index (χ0v) is 26.6. The summed E-state index contributed by atoms with van der Waals surface area (Å²) in [5, 5.41) is -3.35. The lowest BCUT2D eigenvalue weighted by atomic mass is 9.72. The van der Waals surface area contributed by atoms with Gasteiger partial charge in [-0.25, -0.2) is 74.6 Å². The van der Waals surface area contributed by atoms with E-state index in [0.717, 1.165) is 6.07 Å². The van der Waals surface area contributed by atoms with Crippen molar-refractivity contribution in [3.63, 3.8) is 0 Å². The van der Waals surface area contributed by atoms with Crippen LogP contribution in [0.4, 0.5) is 83.4 Å². The van der Waals surface area contributed by atoms with Crippen LogP contribution in [0.1, 0.15) is 11.1 Å². The van der Waals surface area contributed by atoms with Crippen molar-refractivity contribution in [3.8, 4) is 33.8 Å². The molecule has 6 aromatic carbocycles. The van der Waals surface area contributed by atoms with Crippen molar-refractivity contribution in [3.05, 3.63) is 146 Å². The highest BCUT2D eigenvalue weighted by Crippen LogP contribution is 2.48. The van der Waals surface area contributed by atoms with E-state index >= 15 is 39.5 Å². The van der Waals surface area contributed by atoms with E-state index in [1.165, 1.54) is 0 Å². The summed E-state index contributed by atoms with van der Waals surface area (Å²) in [5.74, 6) is -55.1. The summed E-state index contributed by atoms with van der Waals surface area (Å²) in [6, 6.07) is 1.42. The molecular weight excluding hydrogens is 824 g/mol. The molecule has 0 saturated carbocycles. The first-order valence-corrected chi connectivity index (χ1v) is 15.0. The average molecular weight is 830 g/mol. The second-order valence-corrected chi connectivity index (χ2v) is 11.8. The lowest BCUT2D eigenvalue weighted by Gasteiger charge is -2.24. The summed E-state index contributed by atoms with van der Waals surface area (Å²) in [7, 11) is -3.87. The molecule has 0 radical (unpaired) electrons. The third kappa shape index (κ3) is 5.53. The minimum Gasteiger partial charge on any atom is -0.519 e. The Bertz CT molecular complexity index is 2760. The fourth-order valence-corrected chi connectivity index (χ4v) is 6.22. The molecule has 0 saturated heterocycles. The van der Waals surface area contributed by atoms with Gasteiger partial charge in [-0.15, -0.1) is 0 Å². The van der Waals surface area contributed by atoms with Gasteiger partial charge in [0.1, 0.15) is 11.5 Å². The van der Waals surface area contributed by atoms with Gasteiger partial charge in [0.2, 0.25) is 17.5 Å². The number of benzene rings is 6. The maximum Gasteiger partial charge on any atom is 0.636 e. The van der Waals surface area contributed by atoms with Gasteiger partial charge in [-0.3, -0.25) is 0 Å². The van der Waals surface area contributed by atoms with E-state index in [1.807, 2.05) is 0 Å². The first kappa shape index (κ1) is 39.2. The molecule has 0 bridgehead atoms. The molecule has 7 rings (SSSR count). The Kier molecular flexibility index (Phi) is 9.30. The Morgan fingerprint density at radius 1 is 0.351 bits per heavy atom. The van der Waals surface area contributed by atoms with E-state index in [9.17, 15) is 43.9 Å². The maximum absolute atomic E-state index is 16.0. The third-order valence-corrected chi connectivity index (χ3v) is 8.77. The predicted molar refractivity (Wildman–Crippen MR) is 156 cm³/mol. The fourth-order valence-electron chi connectivity index (χ4n) is 6.22. The Labute approximate surface area is 302 Å². The van der Waals surface area contributed by atoms with Crippen LogP contribution in [0.2, 0.25) is 0 Å². The van der Waals surface area contributed by atoms with Crippen LogP contribution in [0.5, 0.6) is 11.5 Å². The van der Waals surface area contributed by atoms with Crippen LogP contribution in [0.15, 0.2) is 24.3 Å². The predicted octanol–water partition coefficient (Wildman–Crippen LogP) is 10.6. The number of fused-ring (bicyclic) bond motifs is 4. The normalized spacial score (nSPS) is 12.1. The molecule has 0 amide bonds. The number of hydrogen-bond donors (Lipinski definition) is 0. The van der Waals surface area contributed by atoms with Crippen molar-refractivity contribution >= 4 is 23.4 Å². The summed E-state index contributed by atoms with van der Waals surface area (Å²) in [6.07, 6.45) is -1.05. The largest absolute Gasteiger partial charge is 0.636 e. The number of rotatable bonds is 6. The summed E-state index contributed by atoms with van der Waals surface area (Å²) in [4.78, 5) is 0. The molecule has 2 nitrogen and oxygen atoms in total. The van der Waals surface area contributed by atoms with Gasteiger partial charge in [-0.2, -0.15) is 8.78 Å². The van der Waals surface area contributed by atoms with Gasteiger partial charge in [-0.1, -0.05) is 6.07 Å². The number of halogens is 19. The zero-order valence-electron chi connectivity index (χ0n) is 26.6. The molecule has 0 atom stereocenters. The first-order valence-electron chi connectivity index (χ1n) is 15.0. The molecule has 1 aliphatic rings. The second kappa shape index (κ2) is 13.5. The fraction of sp³-hybridized carbons (Fsp3) is 0.0286. The highest BCUT2D eigenvalue weighted by Gasteiger charge is 2.45. The van der Waals surface area contributed by atoms with Gasteiger partial charge in [0, 0.05) is 34.1 Å². The molecular formula is C35H6BF19O2. The van der Waals surface area contributed by atoms with E-state index < -0.39 is 185 Å². The molecule has 0 aliphatic heterocycles. The third-order valence-electron chi connectivity index (χ3n) is 8.77. The van der Waals surface area contributed by atoms with Crippen molar-refractivity contribution in [2.45, 2.75) is 6.42 Å². The maximum atomic E-state index is 16.0. The lowest BCUT2D eigenvalue weighted by molar-refractivity contribution is 0.368. The molecule has 6 aromatic rings. The van der Waals surface area contributed by atoms with Crippen molar-refractivity contribution in [2.24, 2.45) is 0 Å². The van der Waals surface area contributed by atoms with Crippen LogP contribution >= 0.6 is 0 Å². The van der Waals surface area contributed by atoms with Crippen molar-refractivity contribution in [2.75, 3.05) is 0 Å². The van der Waals surface area contributed by atoms with Crippen LogP contribution in [0.3, 0.4) is 0 Å². The summed E-state index contributed by atoms with van der Waals surface area (Å²) >= 11 is 0. The van der Waals surface area contributed by atoms with Crippen molar-refractivity contribution < 1.29 is 92.7 Å². The highest BCUT2D eigenvalue weighted by molar-refractivity contribution is 6.64. The van der Waals surface area contributed by atoms with Gasteiger partial charge in [0.25, 0.3) is 0 Å². The molecule has 0 N–H and O–H groups in total. The zero-order chi connectivity index (χ0) is 41.8. The Morgan fingerprint density at radius 3 is 1.40 bits per heavy atom. The quantitative estimate of drug-likeness (QED) is 0.0720. The molecule has 0 unspecified atom stereocenters. The minimum absolute atomic E-state index is 0.0715. The minimum atomic E-state index is -3.87. The molecule has 22 heteroatoms. The van der Waals surface area contributed by atoms with Gasteiger partial charge in [0.15, 0.2) is 93.1 Å². The molecule has 0 aromatic heterocycles.